The molecule has 2 N–H and O–H groups in total. The largest absolute Gasteiger partial charge is 0.463 e. The Morgan fingerprint density at radius 3 is 3.24 bits per heavy atom. The molecule has 0 unspecified atom stereocenters. The lowest BCUT2D eigenvalue weighted by atomic mass is 10.3. The van der Waals surface area contributed by atoms with E-state index >= 15 is 0 Å². The van der Waals surface area contributed by atoms with Crippen molar-refractivity contribution in [2.24, 2.45) is 5.10 Å². The minimum absolute atomic E-state index is 0.201. The fourth-order valence-electron chi connectivity index (χ4n) is 1.26. The number of nitrogens with zero attached hydrogens (tertiary/aromatic N) is 2. The number of aromatic nitrogens is 2. The molecular weight excluding hydrogens is 220 g/mol. The number of anilines is 1. The summed E-state index contributed by atoms with van der Waals surface area (Å²) in [6, 6.07) is 4.99. The van der Waals surface area contributed by atoms with Gasteiger partial charge in [0.05, 0.1) is 12.5 Å². The van der Waals surface area contributed by atoms with E-state index in [0.717, 1.165) is 0 Å². The third-order valence-electron chi connectivity index (χ3n) is 2.06. The summed E-state index contributed by atoms with van der Waals surface area (Å²) in [5.74, 6) is 0.934. The van der Waals surface area contributed by atoms with Crippen molar-refractivity contribution in [2.45, 2.75) is 13.3 Å². The van der Waals surface area contributed by atoms with E-state index in [0.29, 0.717) is 23.8 Å². The molecule has 0 aliphatic rings. The smallest absolute Gasteiger partial charge is 0.252 e. The molecule has 2 heterocycles. The van der Waals surface area contributed by atoms with Gasteiger partial charge in [-0.25, -0.2) is 10.4 Å². The van der Waals surface area contributed by atoms with E-state index in [-0.39, 0.29) is 5.56 Å². The summed E-state index contributed by atoms with van der Waals surface area (Å²) in [5, 5.41) is 3.90. The Bertz CT molecular complexity index is 557. The predicted molar refractivity (Wildman–Crippen MR) is 64.2 cm³/mol. The maximum atomic E-state index is 11.3. The highest BCUT2D eigenvalue weighted by Gasteiger charge is 1.97. The van der Waals surface area contributed by atoms with Gasteiger partial charge in [0.15, 0.2) is 0 Å². The molecular formula is C11H12N4O2. The number of furan rings is 1. The average Bonchev–Trinajstić information content (AvgIpc) is 2.81. The molecule has 0 aliphatic carbocycles. The van der Waals surface area contributed by atoms with Crippen LogP contribution in [0.25, 0.3) is 0 Å². The van der Waals surface area contributed by atoms with Crippen LogP contribution in [0.3, 0.4) is 0 Å². The first-order valence-corrected chi connectivity index (χ1v) is 5.20. The van der Waals surface area contributed by atoms with E-state index in [1.165, 1.54) is 12.3 Å². The summed E-state index contributed by atoms with van der Waals surface area (Å²) in [7, 11) is 0. The fraction of sp³-hybridized carbons (Fsp3) is 0.182. The first kappa shape index (κ1) is 11.1. The molecule has 0 radical (unpaired) electrons. The van der Waals surface area contributed by atoms with E-state index in [1.54, 1.807) is 18.4 Å². The van der Waals surface area contributed by atoms with Gasteiger partial charge in [-0.05, 0) is 18.6 Å². The topological polar surface area (TPSA) is 83.3 Å². The van der Waals surface area contributed by atoms with Gasteiger partial charge in [0.25, 0.3) is 5.56 Å². The molecule has 0 saturated heterocycles. The monoisotopic (exact) mass is 232 g/mol. The first-order valence-electron chi connectivity index (χ1n) is 5.20. The van der Waals surface area contributed by atoms with E-state index in [2.05, 4.69) is 20.5 Å². The summed E-state index contributed by atoms with van der Waals surface area (Å²) in [6.07, 6.45) is 3.75. The molecule has 0 fully saturated rings. The van der Waals surface area contributed by atoms with Gasteiger partial charge >= 0.3 is 0 Å². The van der Waals surface area contributed by atoms with Crippen LogP contribution in [0.1, 0.15) is 18.4 Å². The van der Waals surface area contributed by atoms with Gasteiger partial charge in [0.1, 0.15) is 5.76 Å². The summed E-state index contributed by atoms with van der Waals surface area (Å²) < 4.78 is 5.06. The maximum absolute atomic E-state index is 11.3. The van der Waals surface area contributed by atoms with Gasteiger partial charge in [-0.2, -0.15) is 5.10 Å². The fourth-order valence-corrected chi connectivity index (χ4v) is 1.26. The lowest BCUT2D eigenvalue weighted by Crippen LogP contribution is -2.11. The highest BCUT2D eigenvalue weighted by atomic mass is 16.3. The Balaban J connectivity index is 2.08. The molecule has 6 heteroatoms. The standard InChI is InChI=1S/C11H12N4O2/c1-2-8-6-10(16)14-11(13-8)15-12-7-9-4-3-5-17-9/h3-7H,2H2,1H3,(H2,13,14,15,16)/b12-7-. The second-order valence-corrected chi connectivity index (χ2v) is 3.32. The summed E-state index contributed by atoms with van der Waals surface area (Å²) in [4.78, 5) is 18.0. The Morgan fingerprint density at radius 2 is 2.53 bits per heavy atom. The van der Waals surface area contributed by atoms with Gasteiger partial charge in [0, 0.05) is 11.8 Å². The molecule has 0 spiro atoms. The van der Waals surface area contributed by atoms with E-state index in [4.69, 9.17) is 4.42 Å². The summed E-state index contributed by atoms with van der Waals surface area (Å²) in [6.45, 7) is 1.93. The van der Waals surface area contributed by atoms with E-state index in [9.17, 15) is 4.79 Å². The molecule has 88 valence electrons. The molecule has 0 amide bonds. The van der Waals surface area contributed by atoms with Crippen LogP contribution in [0.4, 0.5) is 5.95 Å². The Kier molecular flexibility index (Phi) is 3.34. The summed E-state index contributed by atoms with van der Waals surface area (Å²) in [5.41, 5.74) is 3.15. The number of aryl methyl sites for hydroxylation is 1. The van der Waals surface area contributed by atoms with Crippen LogP contribution in [0, 0.1) is 0 Å². The SMILES string of the molecule is CCc1cc(=O)[nH]c(N/N=C\c2ccco2)n1. The highest BCUT2D eigenvalue weighted by molar-refractivity contribution is 5.76. The second kappa shape index (κ2) is 5.11. The molecule has 2 aromatic heterocycles. The van der Waals surface area contributed by atoms with Crippen molar-refractivity contribution >= 4 is 12.2 Å². The number of hydrazone groups is 1. The van der Waals surface area contributed by atoms with Crippen molar-refractivity contribution in [3.8, 4) is 0 Å². The zero-order chi connectivity index (χ0) is 12.1. The van der Waals surface area contributed by atoms with E-state index in [1.807, 2.05) is 6.92 Å². The minimum atomic E-state index is -0.201. The van der Waals surface area contributed by atoms with Gasteiger partial charge in [0.2, 0.25) is 5.95 Å². The van der Waals surface area contributed by atoms with Crippen LogP contribution in [-0.4, -0.2) is 16.2 Å². The zero-order valence-electron chi connectivity index (χ0n) is 9.30. The third kappa shape index (κ3) is 3.04. The molecule has 0 aliphatic heterocycles. The predicted octanol–water partition coefficient (Wildman–Crippen LogP) is 1.37. The molecule has 0 bridgehead atoms. The van der Waals surface area contributed by atoms with Crippen molar-refractivity contribution in [2.75, 3.05) is 5.43 Å². The Hall–Kier alpha value is -2.37. The number of nitrogens with one attached hydrogen (secondary N) is 2. The zero-order valence-corrected chi connectivity index (χ0v) is 9.30. The summed E-state index contributed by atoms with van der Waals surface area (Å²) >= 11 is 0. The maximum Gasteiger partial charge on any atom is 0.252 e. The molecule has 0 saturated carbocycles. The van der Waals surface area contributed by atoms with Crippen molar-refractivity contribution in [1.29, 1.82) is 0 Å². The third-order valence-corrected chi connectivity index (χ3v) is 2.06. The van der Waals surface area contributed by atoms with Crippen LogP contribution >= 0.6 is 0 Å². The number of hydrogen-bond donors (Lipinski definition) is 2. The quantitative estimate of drug-likeness (QED) is 0.616. The highest BCUT2D eigenvalue weighted by Crippen LogP contribution is 1.99. The van der Waals surface area contributed by atoms with Gasteiger partial charge in [-0.1, -0.05) is 6.92 Å². The molecule has 17 heavy (non-hydrogen) atoms. The first-order chi connectivity index (χ1) is 8.28. The number of hydrogen-bond acceptors (Lipinski definition) is 5. The number of rotatable bonds is 4. The van der Waals surface area contributed by atoms with Crippen LogP contribution in [0.15, 0.2) is 38.8 Å². The molecule has 2 aromatic rings. The molecule has 6 nitrogen and oxygen atoms in total. The number of H-pyrrole nitrogens is 1. The number of aromatic amines is 1. The Morgan fingerprint density at radius 1 is 1.65 bits per heavy atom. The van der Waals surface area contributed by atoms with Crippen LogP contribution in [0.5, 0.6) is 0 Å². The van der Waals surface area contributed by atoms with Crippen molar-refractivity contribution in [3.05, 3.63) is 46.3 Å². The Labute approximate surface area is 97.4 Å². The average molecular weight is 232 g/mol. The van der Waals surface area contributed by atoms with Crippen LogP contribution in [0.2, 0.25) is 0 Å². The van der Waals surface area contributed by atoms with Gasteiger partial charge < -0.3 is 4.42 Å². The van der Waals surface area contributed by atoms with Crippen molar-refractivity contribution in [3.63, 3.8) is 0 Å². The molecule has 2 rings (SSSR count). The van der Waals surface area contributed by atoms with Crippen molar-refractivity contribution < 1.29 is 4.42 Å². The minimum Gasteiger partial charge on any atom is -0.463 e. The molecule has 0 atom stereocenters. The normalized spacial score (nSPS) is 10.9. The van der Waals surface area contributed by atoms with Crippen molar-refractivity contribution in [1.82, 2.24) is 9.97 Å². The lowest BCUT2D eigenvalue weighted by molar-refractivity contribution is 0.560. The lowest BCUT2D eigenvalue weighted by Gasteiger charge is -2.00. The van der Waals surface area contributed by atoms with Gasteiger partial charge in [-0.15, -0.1) is 0 Å². The van der Waals surface area contributed by atoms with Crippen LogP contribution < -0.4 is 11.0 Å². The molecule has 0 aromatic carbocycles. The second-order valence-electron chi connectivity index (χ2n) is 3.32. The van der Waals surface area contributed by atoms with Gasteiger partial charge in [-0.3, -0.25) is 9.78 Å². The van der Waals surface area contributed by atoms with Crippen LogP contribution in [-0.2, 0) is 6.42 Å². The van der Waals surface area contributed by atoms with E-state index < -0.39 is 0 Å².